The van der Waals surface area contributed by atoms with Gasteiger partial charge in [0.15, 0.2) is 0 Å². The van der Waals surface area contributed by atoms with Crippen LogP contribution in [-0.2, 0) is 13.1 Å². The van der Waals surface area contributed by atoms with Crippen LogP contribution in [0.4, 0.5) is 5.95 Å². The lowest BCUT2D eigenvalue weighted by atomic mass is 10.2. The van der Waals surface area contributed by atoms with Crippen molar-refractivity contribution in [3.63, 3.8) is 0 Å². The minimum Gasteiger partial charge on any atom is -0.347 e. The topological polar surface area (TPSA) is 80.0 Å². The minimum absolute atomic E-state index is 0.0804. The van der Waals surface area contributed by atoms with Crippen molar-refractivity contribution in [2.24, 2.45) is 0 Å². The Morgan fingerprint density at radius 1 is 1.14 bits per heavy atom. The Labute approximate surface area is 169 Å². The van der Waals surface area contributed by atoms with Crippen molar-refractivity contribution in [2.75, 3.05) is 25.5 Å². The van der Waals surface area contributed by atoms with E-state index in [-0.39, 0.29) is 11.6 Å². The highest BCUT2D eigenvalue weighted by Crippen LogP contribution is 2.21. The van der Waals surface area contributed by atoms with Gasteiger partial charge in [0, 0.05) is 68.7 Å². The van der Waals surface area contributed by atoms with Gasteiger partial charge in [0.2, 0.25) is 5.95 Å². The molecule has 29 heavy (non-hydrogen) atoms. The fraction of sp³-hybridized carbons (Fsp3) is 0.381. The van der Waals surface area contributed by atoms with Crippen molar-refractivity contribution in [1.29, 1.82) is 0 Å². The van der Waals surface area contributed by atoms with Gasteiger partial charge in [0.05, 0.1) is 12.2 Å². The summed E-state index contributed by atoms with van der Waals surface area (Å²) in [5.41, 5.74) is 2.66. The molecule has 1 saturated heterocycles. The fourth-order valence-corrected chi connectivity index (χ4v) is 3.65. The Morgan fingerprint density at radius 3 is 2.69 bits per heavy atom. The highest BCUT2D eigenvalue weighted by atomic mass is 16.1. The maximum Gasteiger partial charge on any atom is 0.266 e. The standard InChI is InChI=1S/C21H25N7O/c1-26(2)21-23-11-16(12-24-21)14-27-10-4-6-18(27)15-28-20(29)8-7-19(25-28)17-5-3-9-22-13-17/h3,5,7-9,11-13,18H,4,6,10,14-15H2,1-2H3. The molecule has 1 unspecified atom stereocenters. The molecule has 0 saturated carbocycles. The van der Waals surface area contributed by atoms with E-state index in [1.807, 2.05) is 43.5 Å². The van der Waals surface area contributed by atoms with Gasteiger partial charge in [-0.2, -0.15) is 5.10 Å². The van der Waals surface area contributed by atoms with E-state index in [4.69, 9.17) is 0 Å². The van der Waals surface area contributed by atoms with E-state index < -0.39 is 0 Å². The maximum atomic E-state index is 12.4. The number of aromatic nitrogens is 5. The van der Waals surface area contributed by atoms with Gasteiger partial charge in [-0.3, -0.25) is 14.7 Å². The summed E-state index contributed by atoms with van der Waals surface area (Å²) < 4.78 is 1.58. The predicted octanol–water partition coefficient (Wildman–Crippen LogP) is 1.83. The van der Waals surface area contributed by atoms with Gasteiger partial charge < -0.3 is 4.90 Å². The lowest BCUT2D eigenvalue weighted by Gasteiger charge is -2.24. The molecule has 0 N–H and O–H groups in total. The lowest BCUT2D eigenvalue weighted by molar-refractivity contribution is 0.216. The number of hydrogen-bond acceptors (Lipinski definition) is 7. The van der Waals surface area contributed by atoms with Crippen LogP contribution in [0.2, 0.25) is 0 Å². The number of hydrogen-bond donors (Lipinski definition) is 0. The number of nitrogens with zero attached hydrogens (tertiary/aromatic N) is 7. The third kappa shape index (κ3) is 4.48. The average molecular weight is 391 g/mol. The molecular formula is C21H25N7O. The normalized spacial score (nSPS) is 16.8. The first-order valence-corrected chi connectivity index (χ1v) is 9.81. The van der Waals surface area contributed by atoms with Gasteiger partial charge in [-0.15, -0.1) is 0 Å². The van der Waals surface area contributed by atoms with Crippen LogP contribution >= 0.6 is 0 Å². The van der Waals surface area contributed by atoms with Gasteiger partial charge in [-0.05, 0) is 37.6 Å². The lowest BCUT2D eigenvalue weighted by Crippen LogP contribution is -2.36. The number of pyridine rings is 1. The second-order valence-electron chi connectivity index (χ2n) is 7.53. The molecule has 3 aromatic rings. The van der Waals surface area contributed by atoms with Crippen LogP contribution in [-0.4, -0.2) is 56.3 Å². The van der Waals surface area contributed by atoms with E-state index in [9.17, 15) is 4.79 Å². The quantitative estimate of drug-likeness (QED) is 0.634. The van der Waals surface area contributed by atoms with Crippen molar-refractivity contribution in [2.45, 2.75) is 32.0 Å². The molecule has 4 rings (SSSR count). The van der Waals surface area contributed by atoms with Crippen molar-refractivity contribution in [3.05, 3.63) is 65.0 Å². The van der Waals surface area contributed by atoms with E-state index in [0.717, 1.165) is 42.8 Å². The summed E-state index contributed by atoms with van der Waals surface area (Å²) >= 11 is 0. The molecule has 0 bridgehead atoms. The molecule has 3 aromatic heterocycles. The number of anilines is 1. The summed E-state index contributed by atoms with van der Waals surface area (Å²) in [6, 6.07) is 7.42. The smallest absolute Gasteiger partial charge is 0.266 e. The van der Waals surface area contributed by atoms with E-state index in [0.29, 0.717) is 12.5 Å². The Bertz CT molecular complexity index is 1000. The van der Waals surface area contributed by atoms with E-state index in [1.54, 1.807) is 29.2 Å². The third-order valence-corrected chi connectivity index (χ3v) is 5.18. The predicted molar refractivity (Wildman–Crippen MR) is 112 cm³/mol. The number of likely N-dealkylation sites (tertiary alicyclic amines) is 1. The maximum absolute atomic E-state index is 12.4. The van der Waals surface area contributed by atoms with Crippen LogP contribution in [0.1, 0.15) is 18.4 Å². The van der Waals surface area contributed by atoms with Crippen molar-refractivity contribution in [3.8, 4) is 11.3 Å². The van der Waals surface area contributed by atoms with E-state index in [1.165, 1.54) is 0 Å². The van der Waals surface area contributed by atoms with Crippen LogP contribution in [0.25, 0.3) is 11.3 Å². The molecule has 4 heterocycles. The summed E-state index contributed by atoms with van der Waals surface area (Å²) in [5.74, 6) is 0.703. The summed E-state index contributed by atoms with van der Waals surface area (Å²) in [6.45, 7) is 2.34. The Hall–Kier alpha value is -3.13. The molecule has 0 amide bonds. The van der Waals surface area contributed by atoms with E-state index >= 15 is 0 Å². The zero-order chi connectivity index (χ0) is 20.2. The molecule has 0 spiro atoms. The first-order chi connectivity index (χ1) is 14.1. The summed E-state index contributed by atoms with van der Waals surface area (Å²) in [4.78, 5) is 29.6. The first-order valence-electron chi connectivity index (χ1n) is 9.81. The molecule has 0 aromatic carbocycles. The molecule has 0 radical (unpaired) electrons. The fourth-order valence-electron chi connectivity index (χ4n) is 3.65. The molecule has 1 atom stereocenters. The highest BCUT2D eigenvalue weighted by molar-refractivity contribution is 5.56. The second-order valence-corrected chi connectivity index (χ2v) is 7.53. The number of rotatable bonds is 6. The average Bonchev–Trinajstić information content (AvgIpc) is 3.17. The van der Waals surface area contributed by atoms with Crippen molar-refractivity contribution >= 4 is 5.95 Å². The van der Waals surface area contributed by atoms with Crippen LogP contribution in [0, 0.1) is 0 Å². The molecule has 1 aliphatic rings. The van der Waals surface area contributed by atoms with Crippen LogP contribution < -0.4 is 10.5 Å². The molecule has 0 aliphatic carbocycles. The van der Waals surface area contributed by atoms with E-state index in [2.05, 4.69) is 25.0 Å². The summed E-state index contributed by atoms with van der Waals surface area (Å²) in [6.07, 6.45) is 9.40. The van der Waals surface area contributed by atoms with Crippen LogP contribution in [0.5, 0.6) is 0 Å². The largest absolute Gasteiger partial charge is 0.347 e. The van der Waals surface area contributed by atoms with Crippen LogP contribution in [0.15, 0.2) is 53.8 Å². The monoisotopic (exact) mass is 391 g/mol. The molecule has 8 nitrogen and oxygen atoms in total. The van der Waals surface area contributed by atoms with Crippen molar-refractivity contribution < 1.29 is 0 Å². The zero-order valence-electron chi connectivity index (χ0n) is 16.8. The molecule has 150 valence electrons. The molecular weight excluding hydrogens is 366 g/mol. The Kier molecular flexibility index (Phi) is 5.62. The SMILES string of the molecule is CN(C)c1ncc(CN2CCCC2Cn2nc(-c3cccnc3)ccc2=O)cn1. The zero-order valence-corrected chi connectivity index (χ0v) is 16.8. The Morgan fingerprint density at radius 2 is 1.97 bits per heavy atom. The second kappa shape index (κ2) is 8.48. The third-order valence-electron chi connectivity index (χ3n) is 5.18. The first kappa shape index (κ1) is 19.2. The van der Waals surface area contributed by atoms with Gasteiger partial charge in [0.1, 0.15) is 0 Å². The van der Waals surface area contributed by atoms with Gasteiger partial charge in [-0.25, -0.2) is 14.6 Å². The van der Waals surface area contributed by atoms with Gasteiger partial charge >= 0.3 is 0 Å². The van der Waals surface area contributed by atoms with Crippen molar-refractivity contribution in [1.82, 2.24) is 29.6 Å². The van der Waals surface area contributed by atoms with Gasteiger partial charge in [0.25, 0.3) is 5.56 Å². The highest BCUT2D eigenvalue weighted by Gasteiger charge is 2.26. The summed E-state index contributed by atoms with van der Waals surface area (Å²) in [7, 11) is 3.85. The molecule has 8 heteroatoms. The van der Waals surface area contributed by atoms with Crippen LogP contribution in [0.3, 0.4) is 0 Å². The van der Waals surface area contributed by atoms with Gasteiger partial charge in [-0.1, -0.05) is 0 Å². The molecule has 1 fully saturated rings. The minimum atomic E-state index is -0.0804. The summed E-state index contributed by atoms with van der Waals surface area (Å²) in [5, 5.41) is 4.59. The Balaban J connectivity index is 1.49. The molecule has 1 aliphatic heterocycles.